The summed E-state index contributed by atoms with van der Waals surface area (Å²) in [7, 11) is 0. The monoisotopic (exact) mass is 299 g/mol. The SMILES string of the molecule is Cc1ccc(Br)cc1OCCC(=O)NC(C)C. The lowest BCUT2D eigenvalue weighted by Crippen LogP contribution is -2.31. The number of ether oxygens (including phenoxy) is 1. The number of halogens is 1. The first-order valence-corrected chi connectivity index (χ1v) is 6.46. The van der Waals surface area contributed by atoms with Crippen LogP contribution in [0.5, 0.6) is 5.75 Å². The molecule has 0 fully saturated rings. The van der Waals surface area contributed by atoms with Gasteiger partial charge in [-0.05, 0) is 38.5 Å². The van der Waals surface area contributed by atoms with Crippen molar-refractivity contribution in [3.63, 3.8) is 0 Å². The Balaban J connectivity index is 2.40. The Morgan fingerprint density at radius 2 is 2.18 bits per heavy atom. The predicted octanol–water partition coefficient (Wildman–Crippen LogP) is 3.05. The number of amides is 1. The zero-order valence-electron chi connectivity index (χ0n) is 10.4. The van der Waals surface area contributed by atoms with E-state index in [2.05, 4.69) is 21.2 Å². The van der Waals surface area contributed by atoms with Crippen LogP contribution in [0.15, 0.2) is 22.7 Å². The van der Waals surface area contributed by atoms with Crippen LogP contribution < -0.4 is 10.1 Å². The summed E-state index contributed by atoms with van der Waals surface area (Å²) >= 11 is 3.39. The van der Waals surface area contributed by atoms with Crippen LogP contribution in [-0.2, 0) is 4.79 Å². The molecular weight excluding hydrogens is 282 g/mol. The van der Waals surface area contributed by atoms with Gasteiger partial charge in [-0.3, -0.25) is 4.79 Å². The first kappa shape index (κ1) is 14.0. The Labute approximate surface area is 111 Å². The van der Waals surface area contributed by atoms with E-state index in [4.69, 9.17) is 4.74 Å². The third-order valence-corrected chi connectivity index (χ3v) is 2.68. The van der Waals surface area contributed by atoms with Crippen LogP contribution >= 0.6 is 15.9 Å². The molecule has 0 spiro atoms. The second-order valence-corrected chi connectivity index (χ2v) is 5.15. The molecule has 1 aromatic carbocycles. The summed E-state index contributed by atoms with van der Waals surface area (Å²) in [5, 5.41) is 2.83. The van der Waals surface area contributed by atoms with E-state index in [0.29, 0.717) is 13.0 Å². The number of nitrogens with one attached hydrogen (secondary N) is 1. The van der Waals surface area contributed by atoms with Gasteiger partial charge in [0.1, 0.15) is 5.75 Å². The van der Waals surface area contributed by atoms with Gasteiger partial charge in [-0.15, -0.1) is 0 Å². The minimum absolute atomic E-state index is 0.0210. The molecule has 0 aliphatic rings. The summed E-state index contributed by atoms with van der Waals surface area (Å²) in [6.45, 7) is 6.26. The fourth-order valence-corrected chi connectivity index (χ4v) is 1.72. The third-order valence-electron chi connectivity index (χ3n) is 2.19. The lowest BCUT2D eigenvalue weighted by Gasteiger charge is -2.11. The largest absolute Gasteiger partial charge is 0.493 e. The first-order valence-electron chi connectivity index (χ1n) is 5.67. The summed E-state index contributed by atoms with van der Waals surface area (Å²) in [5.74, 6) is 0.837. The van der Waals surface area contributed by atoms with E-state index in [9.17, 15) is 4.79 Å². The van der Waals surface area contributed by atoms with E-state index in [1.54, 1.807) is 0 Å². The lowest BCUT2D eigenvalue weighted by atomic mass is 10.2. The first-order chi connectivity index (χ1) is 7.99. The van der Waals surface area contributed by atoms with Crippen LogP contribution in [-0.4, -0.2) is 18.6 Å². The van der Waals surface area contributed by atoms with Crippen molar-refractivity contribution >= 4 is 21.8 Å². The molecule has 1 N–H and O–H groups in total. The van der Waals surface area contributed by atoms with Gasteiger partial charge in [-0.2, -0.15) is 0 Å². The third kappa shape index (κ3) is 5.22. The minimum Gasteiger partial charge on any atom is -0.493 e. The van der Waals surface area contributed by atoms with E-state index in [1.165, 1.54) is 0 Å². The van der Waals surface area contributed by atoms with Crippen molar-refractivity contribution in [2.45, 2.75) is 33.2 Å². The summed E-state index contributed by atoms with van der Waals surface area (Å²) < 4.78 is 6.56. The van der Waals surface area contributed by atoms with E-state index >= 15 is 0 Å². The number of benzene rings is 1. The zero-order valence-corrected chi connectivity index (χ0v) is 12.0. The molecule has 0 atom stereocenters. The maximum Gasteiger partial charge on any atom is 0.223 e. The normalized spacial score (nSPS) is 10.4. The highest BCUT2D eigenvalue weighted by Gasteiger charge is 2.05. The lowest BCUT2D eigenvalue weighted by molar-refractivity contribution is -0.122. The summed E-state index contributed by atoms with van der Waals surface area (Å²) in [6, 6.07) is 6.03. The van der Waals surface area contributed by atoms with Crippen molar-refractivity contribution in [1.29, 1.82) is 0 Å². The molecule has 17 heavy (non-hydrogen) atoms. The Kier molecular flexibility index (Phi) is 5.48. The van der Waals surface area contributed by atoms with Gasteiger partial charge in [0.25, 0.3) is 0 Å². The van der Waals surface area contributed by atoms with Gasteiger partial charge in [-0.1, -0.05) is 22.0 Å². The highest BCUT2D eigenvalue weighted by atomic mass is 79.9. The molecule has 4 heteroatoms. The van der Waals surface area contributed by atoms with E-state index in [0.717, 1.165) is 15.8 Å². The van der Waals surface area contributed by atoms with Gasteiger partial charge in [-0.25, -0.2) is 0 Å². The van der Waals surface area contributed by atoms with E-state index < -0.39 is 0 Å². The number of hydrogen-bond acceptors (Lipinski definition) is 2. The Morgan fingerprint density at radius 1 is 1.47 bits per heavy atom. The van der Waals surface area contributed by atoms with Crippen LogP contribution in [0, 0.1) is 6.92 Å². The highest BCUT2D eigenvalue weighted by Crippen LogP contribution is 2.22. The molecule has 0 unspecified atom stereocenters. The molecule has 0 heterocycles. The predicted molar refractivity (Wildman–Crippen MR) is 72.3 cm³/mol. The summed E-state index contributed by atoms with van der Waals surface area (Å²) in [5.41, 5.74) is 1.07. The number of aryl methyl sites for hydroxylation is 1. The Bertz CT molecular complexity index is 391. The topological polar surface area (TPSA) is 38.3 Å². The molecule has 1 rings (SSSR count). The average molecular weight is 300 g/mol. The average Bonchev–Trinajstić information content (AvgIpc) is 2.22. The zero-order chi connectivity index (χ0) is 12.8. The Hall–Kier alpha value is -1.03. The molecule has 0 saturated heterocycles. The van der Waals surface area contributed by atoms with E-state index in [-0.39, 0.29) is 11.9 Å². The van der Waals surface area contributed by atoms with Gasteiger partial charge in [0.15, 0.2) is 0 Å². The molecule has 3 nitrogen and oxygen atoms in total. The van der Waals surface area contributed by atoms with Gasteiger partial charge in [0, 0.05) is 10.5 Å². The van der Waals surface area contributed by atoms with Crippen LogP contribution in [0.4, 0.5) is 0 Å². The second kappa shape index (κ2) is 6.64. The standard InChI is InChI=1S/C13H18BrNO2/c1-9(2)15-13(16)6-7-17-12-8-11(14)5-4-10(12)3/h4-5,8-9H,6-7H2,1-3H3,(H,15,16). The Morgan fingerprint density at radius 3 is 2.82 bits per heavy atom. The number of carbonyl (C=O) groups excluding carboxylic acids is 1. The number of carbonyl (C=O) groups is 1. The van der Waals surface area contributed by atoms with Crippen LogP contribution in [0.25, 0.3) is 0 Å². The smallest absolute Gasteiger partial charge is 0.223 e. The molecule has 0 aliphatic carbocycles. The molecular formula is C13H18BrNO2. The van der Waals surface area contributed by atoms with Gasteiger partial charge in [0.2, 0.25) is 5.91 Å². The van der Waals surface area contributed by atoms with Crippen molar-refractivity contribution in [3.8, 4) is 5.75 Å². The highest BCUT2D eigenvalue weighted by molar-refractivity contribution is 9.10. The molecule has 0 radical (unpaired) electrons. The molecule has 1 aromatic rings. The minimum atomic E-state index is 0.0210. The van der Waals surface area contributed by atoms with Crippen LogP contribution in [0.3, 0.4) is 0 Å². The molecule has 0 aromatic heterocycles. The second-order valence-electron chi connectivity index (χ2n) is 4.23. The van der Waals surface area contributed by atoms with Gasteiger partial charge in [0.05, 0.1) is 13.0 Å². The molecule has 0 aliphatic heterocycles. The maximum atomic E-state index is 11.4. The van der Waals surface area contributed by atoms with Crippen molar-refractivity contribution in [3.05, 3.63) is 28.2 Å². The number of rotatable bonds is 5. The van der Waals surface area contributed by atoms with Crippen molar-refractivity contribution in [2.24, 2.45) is 0 Å². The molecule has 94 valence electrons. The van der Waals surface area contributed by atoms with Gasteiger partial charge < -0.3 is 10.1 Å². The fraction of sp³-hybridized carbons (Fsp3) is 0.462. The fourth-order valence-electron chi connectivity index (χ4n) is 1.38. The van der Waals surface area contributed by atoms with Crippen LogP contribution in [0.2, 0.25) is 0 Å². The van der Waals surface area contributed by atoms with Crippen molar-refractivity contribution < 1.29 is 9.53 Å². The van der Waals surface area contributed by atoms with Crippen molar-refractivity contribution in [2.75, 3.05) is 6.61 Å². The van der Waals surface area contributed by atoms with Crippen molar-refractivity contribution in [1.82, 2.24) is 5.32 Å². The molecule has 1 amide bonds. The van der Waals surface area contributed by atoms with E-state index in [1.807, 2.05) is 39.0 Å². The van der Waals surface area contributed by atoms with Crippen LogP contribution in [0.1, 0.15) is 25.8 Å². The van der Waals surface area contributed by atoms with Gasteiger partial charge >= 0.3 is 0 Å². The number of hydrogen-bond donors (Lipinski definition) is 1. The molecule has 0 bridgehead atoms. The quantitative estimate of drug-likeness (QED) is 0.907. The maximum absolute atomic E-state index is 11.4. The summed E-state index contributed by atoms with van der Waals surface area (Å²) in [6.07, 6.45) is 0.379. The molecule has 0 saturated carbocycles. The summed E-state index contributed by atoms with van der Waals surface area (Å²) in [4.78, 5) is 11.4.